The van der Waals surface area contributed by atoms with Crippen LogP contribution in [-0.2, 0) is 32.5 Å². The highest BCUT2D eigenvalue weighted by molar-refractivity contribution is 7.49. The Labute approximate surface area is 292 Å². The molecule has 0 fully saturated rings. The van der Waals surface area contributed by atoms with Crippen LogP contribution in [-0.4, -0.2) is 0 Å². The quantitative estimate of drug-likeness (QED) is 0.260. The summed E-state index contributed by atoms with van der Waals surface area (Å²) in [4.78, 5) is 0. The van der Waals surface area contributed by atoms with Gasteiger partial charge in [0.25, 0.3) is 8.38 Å². The van der Waals surface area contributed by atoms with Crippen molar-refractivity contribution in [1.82, 2.24) is 0 Å². The Hall–Kier alpha value is -2.31. The molecule has 2 radical (unpaired) electrons. The van der Waals surface area contributed by atoms with Crippen LogP contribution in [0.25, 0.3) is 0 Å². The van der Waals surface area contributed by atoms with Gasteiger partial charge in [-0.15, -0.1) is 0 Å². The van der Waals surface area contributed by atoms with Crippen LogP contribution in [0.1, 0.15) is 164 Å². The maximum Gasteiger partial charge on any atom is 0.290 e. The van der Waals surface area contributed by atoms with Crippen molar-refractivity contribution < 1.29 is 9.05 Å². The SMILES string of the molecule is [CH2]P(Oc1ccc(C(C)(C)C)cc1C(C)(C)C)Oc1ccc(C(C)(C)C)cc1C(C)(C)C.[CH2]c1ccc(C(C)(C)C)cc1C(C)(C)C. The molecule has 0 bridgehead atoms. The highest BCUT2D eigenvalue weighted by Gasteiger charge is 2.27. The van der Waals surface area contributed by atoms with E-state index in [1.807, 2.05) is 0 Å². The number of benzene rings is 3. The molecule has 0 unspecified atom stereocenters. The van der Waals surface area contributed by atoms with E-state index in [0.717, 1.165) is 17.1 Å². The maximum absolute atomic E-state index is 6.34. The van der Waals surface area contributed by atoms with Gasteiger partial charge in [-0.2, -0.15) is 0 Å². The predicted molar refractivity (Wildman–Crippen MR) is 210 cm³/mol. The second kappa shape index (κ2) is 14.3. The van der Waals surface area contributed by atoms with Gasteiger partial charge >= 0.3 is 0 Å². The molecule has 0 aliphatic heterocycles. The molecule has 47 heavy (non-hydrogen) atoms. The molecule has 3 rings (SSSR count). The van der Waals surface area contributed by atoms with Gasteiger partial charge in [0.05, 0.1) is 6.66 Å². The Morgan fingerprint density at radius 2 is 0.681 bits per heavy atom. The summed E-state index contributed by atoms with van der Waals surface area (Å²) >= 11 is 0. The van der Waals surface area contributed by atoms with Crippen molar-refractivity contribution in [2.45, 2.75) is 157 Å². The van der Waals surface area contributed by atoms with E-state index in [1.54, 1.807) is 0 Å². The molecule has 0 saturated carbocycles. The Morgan fingerprint density at radius 1 is 0.404 bits per heavy atom. The molecule has 2 nitrogen and oxygen atoms in total. The van der Waals surface area contributed by atoms with Gasteiger partial charge in [0, 0.05) is 11.1 Å². The van der Waals surface area contributed by atoms with Crippen molar-refractivity contribution in [3.8, 4) is 11.5 Å². The first-order chi connectivity index (χ1) is 20.9. The third-order valence-electron chi connectivity index (χ3n) is 8.49. The van der Waals surface area contributed by atoms with E-state index >= 15 is 0 Å². The van der Waals surface area contributed by atoms with Crippen LogP contribution >= 0.6 is 8.38 Å². The van der Waals surface area contributed by atoms with Gasteiger partial charge in [-0.3, -0.25) is 0 Å². The summed E-state index contributed by atoms with van der Waals surface area (Å²) in [6, 6.07) is 19.7. The average Bonchev–Trinajstić information content (AvgIpc) is 2.85. The zero-order chi connectivity index (χ0) is 36.6. The molecule has 0 aromatic heterocycles. The molecule has 0 spiro atoms. The second-order valence-electron chi connectivity index (χ2n) is 19.3. The summed E-state index contributed by atoms with van der Waals surface area (Å²) in [7, 11) is -1.39. The summed E-state index contributed by atoms with van der Waals surface area (Å²) in [5, 5.41) is 0. The van der Waals surface area contributed by atoms with Gasteiger partial charge in [0.2, 0.25) is 0 Å². The lowest BCUT2D eigenvalue weighted by Gasteiger charge is -2.29. The molecule has 0 amide bonds. The molecule has 0 heterocycles. The van der Waals surface area contributed by atoms with Crippen LogP contribution in [0.3, 0.4) is 0 Å². The highest BCUT2D eigenvalue weighted by atomic mass is 31.2. The molecule has 3 aromatic rings. The fourth-order valence-electron chi connectivity index (χ4n) is 5.30. The first-order valence-corrected chi connectivity index (χ1v) is 18.5. The Kier molecular flexibility index (Phi) is 12.4. The van der Waals surface area contributed by atoms with E-state index in [-0.39, 0.29) is 32.5 Å². The molecule has 3 heteroatoms. The Bertz CT molecular complexity index is 1410. The fraction of sp³-hybridized carbons (Fsp3) is 0.545. The molecular formula is C44H67O2P. The zero-order valence-electron chi connectivity index (χ0n) is 33.4. The van der Waals surface area contributed by atoms with Crippen molar-refractivity contribution in [2.24, 2.45) is 0 Å². The monoisotopic (exact) mass is 658 g/mol. The normalized spacial score (nSPS) is 13.3. The van der Waals surface area contributed by atoms with Gasteiger partial charge < -0.3 is 9.05 Å². The molecule has 0 saturated heterocycles. The molecule has 260 valence electrons. The van der Waals surface area contributed by atoms with Crippen molar-refractivity contribution in [3.63, 3.8) is 0 Å². The molecule has 0 N–H and O–H groups in total. The van der Waals surface area contributed by atoms with Crippen LogP contribution in [0, 0.1) is 13.6 Å². The van der Waals surface area contributed by atoms with E-state index in [1.165, 1.54) is 33.4 Å². The van der Waals surface area contributed by atoms with Gasteiger partial charge in [-0.05, 0) is 79.4 Å². The van der Waals surface area contributed by atoms with Crippen LogP contribution in [0.5, 0.6) is 11.5 Å². The lowest BCUT2D eigenvalue weighted by molar-refractivity contribution is 0.465. The smallest absolute Gasteiger partial charge is 0.290 e. The molecule has 0 aliphatic carbocycles. The topological polar surface area (TPSA) is 18.5 Å². The van der Waals surface area contributed by atoms with Crippen LogP contribution in [0.15, 0.2) is 54.6 Å². The summed E-state index contributed by atoms with van der Waals surface area (Å²) in [5.74, 6) is 1.71. The Morgan fingerprint density at radius 3 is 0.957 bits per heavy atom. The third-order valence-corrected chi connectivity index (χ3v) is 9.29. The summed E-state index contributed by atoms with van der Waals surface area (Å²) in [6.07, 6.45) is 0. The zero-order valence-corrected chi connectivity index (χ0v) is 34.3. The van der Waals surface area contributed by atoms with Crippen LogP contribution in [0.2, 0.25) is 0 Å². The number of rotatable bonds is 4. The standard InChI is InChI=1S/C29H44O2P.C15H23/c1-26(2,3)20-14-16-24(22(18-20)28(7,8)9)30-32(13)31-25-17-15-21(27(4,5)6)19-23(25)29(10,11)12;1-11-8-9-12(14(2,3)4)10-13(11)15(5,6)7/h14-19H,13H2,1-12H3;8-10H,1H2,2-7H3. The van der Waals surface area contributed by atoms with E-state index in [2.05, 4.69) is 193 Å². The van der Waals surface area contributed by atoms with E-state index in [0.29, 0.717) is 0 Å². The average molecular weight is 659 g/mol. The summed E-state index contributed by atoms with van der Waals surface area (Å²) in [6.45, 7) is 48.6. The predicted octanol–water partition coefficient (Wildman–Crippen LogP) is 13.9. The number of hydrogen-bond acceptors (Lipinski definition) is 2. The second-order valence-corrected chi connectivity index (χ2v) is 20.3. The van der Waals surface area contributed by atoms with Gasteiger partial charge in [-0.25, -0.2) is 0 Å². The number of hydrogen-bond donors (Lipinski definition) is 0. The third kappa shape index (κ3) is 11.7. The van der Waals surface area contributed by atoms with Crippen molar-refractivity contribution in [1.29, 1.82) is 0 Å². The summed E-state index contributed by atoms with van der Waals surface area (Å²) in [5.41, 5.74) is 9.34. The molecule has 3 aromatic carbocycles. The maximum atomic E-state index is 6.34. The van der Waals surface area contributed by atoms with Gasteiger partial charge in [0.1, 0.15) is 11.5 Å². The van der Waals surface area contributed by atoms with Crippen molar-refractivity contribution >= 4 is 8.38 Å². The van der Waals surface area contributed by atoms with Crippen LogP contribution < -0.4 is 9.05 Å². The first-order valence-electron chi connectivity index (χ1n) is 17.2. The van der Waals surface area contributed by atoms with E-state index in [9.17, 15) is 0 Å². The molecule has 0 atom stereocenters. The fourth-order valence-corrected chi connectivity index (χ4v) is 6.10. The highest BCUT2D eigenvalue weighted by Crippen LogP contribution is 2.46. The lowest BCUT2D eigenvalue weighted by atomic mass is 9.79. The lowest BCUT2D eigenvalue weighted by Crippen LogP contribution is -2.18. The summed E-state index contributed by atoms with van der Waals surface area (Å²) < 4.78 is 12.7. The minimum absolute atomic E-state index is 0.0440. The Balaban J connectivity index is 0.000000427. The first kappa shape index (κ1) is 40.9. The largest absolute Gasteiger partial charge is 0.438 e. The minimum Gasteiger partial charge on any atom is -0.438 e. The van der Waals surface area contributed by atoms with Crippen molar-refractivity contribution in [3.05, 3.63) is 107 Å². The minimum atomic E-state index is -1.39. The van der Waals surface area contributed by atoms with E-state index in [4.69, 9.17) is 9.05 Å². The molecule has 0 aliphatic rings. The van der Waals surface area contributed by atoms with Gasteiger partial charge in [0.15, 0.2) is 0 Å². The molecular weight excluding hydrogens is 591 g/mol. The van der Waals surface area contributed by atoms with Crippen molar-refractivity contribution in [2.75, 3.05) is 0 Å². The van der Waals surface area contributed by atoms with E-state index < -0.39 is 8.38 Å². The van der Waals surface area contributed by atoms with Crippen LogP contribution in [0.4, 0.5) is 0 Å². The van der Waals surface area contributed by atoms with Gasteiger partial charge in [-0.1, -0.05) is 167 Å².